The summed E-state index contributed by atoms with van der Waals surface area (Å²) in [6, 6.07) is 2.13. The minimum atomic E-state index is -0.109. The van der Waals surface area contributed by atoms with Gasteiger partial charge in [-0.3, -0.25) is 4.79 Å². The van der Waals surface area contributed by atoms with Gasteiger partial charge in [-0.15, -0.1) is 11.3 Å². The lowest BCUT2D eigenvalue weighted by atomic mass is 9.87. The standard InChI is InChI=1S/C17H26N2O2S/c20-13-5-10-19(11-6-13)9-2-8-18-17(21)15-3-1-4-16-14(15)7-12-22-16/h7,12-13,15,20H,1-6,8-11H2,(H,18,21). The van der Waals surface area contributed by atoms with E-state index in [4.69, 9.17) is 0 Å². The third-order valence-electron chi connectivity index (χ3n) is 4.88. The van der Waals surface area contributed by atoms with Crippen LogP contribution in [0.3, 0.4) is 0 Å². The van der Waals surface area contributed by atoms with Crippen LogP contribution in [0, 0.1) is 0 Å². The summed E-state index contributed by atoms with van der Waals surface area (Å²) in [5.41, 5.74) is 1.26. The predicted molar refractivity (Wildman–Crippen MR) is 89.3 cm³/mol. The summed E-state index contributed by atoms with van der Waals surface area (Å²) in [7, 11) is 0. The highest BCUT2D eigenvalue weighted by atomic mass is 32.1. The highest BCUT2D eigenvalue weighted by Crippen LogP contribution is 2.34. The van der Waals surface area contributed by atoms with E-state index in [1.807, 2.05) is 0 Å². The van der Waals surface area contributed by atoms with E-state index in [2.05, 4.69) is 21.7 Å². The average Bonchev–Trinajstić information content (AvgIpc) is 3.01. The number of amides is 1. The molecule has 0 aromatic carbocycles. The fraction of sp³-hybridized carbons (Fsp3) is 0.706. The molecule has 0 radical (unpaired) electrons. The Balaban J connectivity index is 1.38. The van der Waals surface area contributed by atoms with Crippen LogP contribution in [0.1, 0.15) is 48.5 Å². The summed E-state index contributed by atoms with van der Waals surface area (Å²) in [4.78, 5) is 16.2. The van der Waals surface area contributed by atoms with Crippen LogP contribution in [0.4, 0.5) is 0 Å². The number of aryl methyl sites for hydroxylation is 1. The Morgan fingerprint density at radius 2 is 2.18 bits per heavy atom. The molecule has 2 N–H and O–H groups in total. The van der Waals surface area contributed by atoms with E-state index in [-0.39, 0.29) is 17.9 Å². The lowest BCUT2D eigenvalue weighted by Crippen LogP contribution is -2.38. The van der Waals surface area contributed by atoms with Crippen LogP contribution >= 0.6 is 11.3 Å². The second kappa shape index (κ2) is 7.57. The van der Waals surface area contributed by atoms with Crippen molar-refractivity contribution in [2.45, 2.75) is 50.5 Å². The monoisotopic (exact) mass is 322 g/mol. The van der Waals surface area contributed by atoms with Crippen molar-refractivity contribution in [3.05, 3.63) is 21.9 Å². The number of carbonyl (C=O) groups excluding carboxylic acids is 1. The molecular weight excluding hydrogens is 296 g/mol. The topological polar surface area (TPSA) is 52.6 Å². The summed E-state index contributed by atoms with van der Waals surface area (Å²) < 4.78 is 0. The third-order valence-corrected chi connectivity index (χ3v) is 5.87. The molecule has 0 saturated carbocycles. The highest BCUT2D eigenvalue weighted by molar-refractivity contribution is 7.10. The zero-order valence-electron chi connectivity index (χ0n) is 13.1. The van der Waals surface area contributed by atoms with E-state index in [0.717, 1.165) is 64.7 Å². The Labute approximate surface area is 136 Å². The van der Waals surface area contributed by atoms with Crippen molar-refractivity contribution in [2.24, 2.45) is 0 Å². The number of aliphatic hydroxyl groups excluding tert-OH is 1. The minimum Gasteiger partial charge on any atom is -0.393 e. The molecule has 122 valence electrons. The Bertz CT molecular complexity index is 495. The molecule has 1 aliphatic carbocycles. The summed E-state index contributed by atoms with van der Waals surface area (Å²) in [5.74, 6) is 0.272. The molecule has 3 rings (SSSR count). The zero-order valence-corrected chi connectivity index (χ0v) is 13.9. The van der Waals surface area contributed by atoms with Gasteiger partial charge in [-0.25, -0.2) is 0 Å². The molecule has 4 nitrogen and oxygen atoms in total. The summed E-state index contributed by atoms with van der Waals surface area (Å²) >= 11 is 1.79. The quantitative estimate of drug-likeness (QED) is 0.817. The Morgan fingerprint density at radius 1 is 1.36 bits per heavy atom. The molecule has 1 aliphatic heterocycles. The van der Waals surface area contributed by atoms with Crippen molar-refractivity contribution in [1.82, 2.24) is 10.2 Å². The summed E-state index contributed by atoms with van der Waals surface area (Å²) in [6.45, 7) is 3.74. The van der Waals surface area contributed by atoms with Crippen molar-refractivity contribution in [3.63, 3.8) is 0 Å². The molecule has 1 aromatic heterocycles. The highest BCUT2D eigenvalue weighted by Gasteiger charge is 2.27. The largest absolute Gasteiger partial charge is 0.393 e. The smallest absolute Gasteiger partial charge is 0.227 e. The number of fused-ring (bicyclic) bond motifs is 1. The van der Waals surface area contributed by atoms with Crippen LogP contribution in [0.25, 0.3) is 0 Å². The first-order chi connectivity index (χ1) is 10.7. The van der Waals surface area contributed by atoms with Gasteiger partial charge in [0.2, 0.25) is 5.91 Å². The van der Waals surface area contributed by atoms with Crippen molar-refractivity contribution in [3.8, 4) is 0 Å². The fourth-order valence-corrected chi connectivity index (χ4v) is 4.53. The van der Waals surface area contributed by atoms with Gasteiger partial charge in [0.15, 0.2) is 0 Å². The van der Waals surface area contributed by atoms with Crippen molar-refractivity contribution in [1.29, 1.82) is 0 Å². The molecule has 0 bridgehead atoms. The van der Waals surface area contributed by atoms with E-state index in [1.54, 1.807) is 11.3 Å². The normalized spacial score (nSPS) is 23.2. The first kappa shape index (κ1) is 16.0. The Morgan fingerprint density at radius 3 is 3.00 bits per heavy atom. The van der Waals surface area contributed by atoms with E-state index in [9.17, 15) is 9.90 Å². The molecule has 1 aromatic rings. The van der Waals surface area contributed by atoms with Crippen LogP contribution in [-0.2, 0) is 11.2 Å². The van der Waals surface area contributed by atoms with Crippen molar-refractivity contribution >= 4 is 17.2 Å². The van der Waals surface area contributed by atoms with E-state index >= 15 is 0 Å². The number of nitrogens with one attached hydrogen (secondary N) is 1. The first-order valence-corrected chi connectivity index (χ1v) is 9.36. The lowest BCUT2D eigenvalue weighted by Gasteiger charge is -2.29. The lowest BCUT2D eigenvalue weighted by molar-refractivity contribution is -0.122. The summed E-state index contributed by atoms with van der Waals surface area (Å²) in [5, 5.41) is 14.7. The average molecular weight is 322 g/mol. The Kier molecular flexibility index (Phi) is 5.50. The molecular formula is C17H26N2O2S. The van der Waals surface area contributed by atoms with Crippen molar-refractivity contribution in [2.75, 3.05) is 26.2 Å². The van der Waals surface area contributed by atoms with Crippen LogP contribution in [-0.4, -0.2) is 48.2 Å². The van der Waals surface area contributed by atoms with Gasteiger partial charge < -0.3 is 15.3 Å². The molecule has 5 heteroatoms. The van der Waals surface area contributed by atoms with Gasteiger partial charge in [-0.1, -0.05) is 0 Å². The molecule has 1 saturated heterocycles. The molecule has 0 spiro atoms. The van der Waals surface area contributed by atoms with Gasteiger partial charge in [0, 0.05) is 24.5 Å². The number of hydrogen-bond acceptors (Lipinski definition) is 4. The Hall–Kier alpha value is -0.910. The van der Waals surface area contributed by atoms with Gasteiger partial charge >= 0.3 is 0 Å². The number of hydrogen-bond donors (Lipinski definition) is 2. The van der Waals surface area contributed by atoms with E-state index in [0.29, 0.717) is 0 Å². The molecule has 1 unspecified atom stereocenters. The maximum absolute atomic E-state index is 12.4. The number of aliphatic hydroxyl groups is 1. The van der Waals surface area contributed by atoms with Crippen LogP contribution < -0.4 is 5.32 Å². The molecule has 1 amide bonds. The second-order valence-electron chi connectivity index (χ2n) is 6.46. The van der Waals surface area contributed by atoms with Gasteiger partial charge in [0.05, 0.1) is 12.0 Å². The third kappa shape index (κ3) is 3.89. The molecule has 1 atom stereocenters. The maximum atomic E-state index is 12.4. The van der Waals surface area contributed by atoms with Gasteiger partial charge in [0.1, 0.15) is 0 Å². The first-order valence-electron chi connectivity index (χ1n) is 8.48. The fourth-order valence-electron chi connectivity index (χ4n) is 3.54. The van der Waals surface area contributed by atoms with Crippen LogP contribution in [0.5, 0.6) is 0 Å². The number of piperidine rings is 1. The number of nitrogens with zero attached hydrogens (tertiary/aromatic N) is 1. The van der Waals surface area contributed by atoms with Gasteiger partial charge in [0.25, 0.3) is 0 Å². The number of carbonyl (C=O) groups is 1. The van der Waals surface area contributed by atoms with Gasteiger partial charge in [-0.05, 0) is 62.1 Å². The molecule has 1 fully saturated rings. The number of rotatable bonds is 5. The predicted octanol–water partition coefficient (Wildman–Crippen LogP) is 2.13. The molecule has 2 heterocycles. The molecule has 22 heavy (non-hydrogen) atoms. The van der Waals surface area contributed by atoms with Crippen LogP contribution in [0.15, 0.2) is 11.4 Å². The zero-order chi connectivity index (χ0) is 15.4. The SMILES string of the molecule is O=C(NCCCN1CCC(O)CC1)C1CCCc2sccc21. The van der Waals surface area contributed by atoms with Crippen molar-refractivity contribution < 1.29 is 9.90 Å². The maximum Gasteiger partial charge on any atom is 0.227 e. The van der Waals surface area contributed by atoms with E-state index < -0.39 is 0 Å². The van der Waals surface area contributed by atoms with Crippen LogP contribution in [0.2, 0.25) is 0 Å². The second-order valence-corrected chi connectivity index (χ2v) is 7.46. The minimum absolute atomic E-state index is 0.0696. The van der Waals surface area contributed by atoms with Gasteiger partial charge in [-0.2, -0.15) is 0 Å². The number of thiophene rings is 1. The number of likely N-dealkylation sites (tertiary alicyclic amines) is 1. The molecule has 2 aliphatic rings. The summed E-state index contributed by atoms with van der Waals surface area (Å²) in [6.07, 6.45) is 5.90. The van der Waals surface area contributed by atoms with E-state index in [1.165, 1.54) is 10.4 Å².